The number of epoxide rings is 1. The van der Waals surface area contributed by atoms with Gasteiger partial charge in [-0.3, -0.25) is 0 Å². The Kier molecular flexibility index (Phi) is 2.95. The molecule has 3 rings (SSSR count). The van der Waals surface area contributed by atoms with Crippen LogP contribution in [0, 0.1) is 17.5 Å². The second-order valence-electron chi connectivity index (χ2n) is 4.46. The van der Waals surface area contributed by atoms with E-state index in [9.17, 15) is 18.3 Å². The topological polar surface area (TPSA) is 58.5 Å². The second kappa shape index (κ2) is 4.53. The third kappa shape index (κ3) is 1.95. The van der Waals surface area contributed by atoms with E-state index in [-0.39, 0.29) is 17.9 Å². The minimum atomic E-state index is -1.51. The number of hydrogen-bond acceptors (Lipinski definition) is 4. The number of rotatable bonds is 3. The number of ether oxygens (including phenoxy) is 1. The molecule has 1 aliphatic heterocycles. The Hall–Kier alpha value is -1.99. The van der Waals surface area contributed by atoms with Crippen LogP contribution in [0.5, 0.6) is 0 Å². The van der Waals surface area contributed by atoms with Gasteiger partial charge in [-0.05, 0) is 6.07 Å². The normalized spacial score (nSPS) is 22.6. The van der Waals surface area contributed by atoms with Crippen LogP contribution in [0.1, 0.15) is 17.4 Å². The highest BCUT2D eigenvalue weighted by molar-refractivity contribution is 5.33. The van der Waals surface area contributed by atoms with E-state index >= 15 is 0 Å². The monoisotopic (exact) mass is 282 g/mol. The van der Waals surface area contributed by atoms with Gasteiger partial charge >= 0.3 is 0 Å². The summed E-state index contributed by atoms with van der Waals surface area (Å²) in [5.74, 6) is -2.43. The van der Waals surface area contributed by atoms with Crippen molar-refractivity contribution in [1.29, 1.82) is 0 Å². The zero-order valence-corrected chi connectivity index (χ0v) is 10.1. The molecular weight excluding hydrogens is 273 g/mol. The number of aliphatic hydroxyl groups excluding tert-OH is 1. The standard InChI is InChI=1S/C13H9F3N2O2/c14-7-1-2-8(9(15)3-7)13(5-20-13)12(19)11-10(16)4-17-6-18-11/h1-4,6,12,19H,5H2/t12?,13-/m0/s1. The molecule has 2 aromatic rings. The van der Waals surface area contributed by atoms with Crippen LogP contribution in [0.2, 0.25) is 0 Å². The van der Waals surface area contributed by atoms with Crippen LogP contribution in [0.3, 0.4) is 0 Å². The maximum atomic E-state index is 13.8. The van der Waals surface area contributed by atoms with Crippen LogP contribution in [0.25, 0.3) is 0 Å². The zero-order chi connectivity index (χ0) is 14.3. The summed E-state index contributed by atoms with van der Waals surface area (Å²) in [6.07, 6.45) is 0.451. The average Bonchev–Trinajstić information content (AvgIpc) is 3.20. The fourth-order valence-electron chi connectivity index (χ4n) is 2.12. The van der Waals surface area contributed by atoms with E-state index in [0.29, 0.717) is 6.07 Å². The van der Waals surface area contributed by atoms with Crippen LogP contribution in [0.15, 0.2) is 30.7 Å². The first-order valence-electron chi connectivity index (χ1n) is 5.77. The molecule has 0 saturated carbocycles. The second-order valence-corrected chi connectivity index (χ2v) is 4.46. The predicted octanol–water partition coefficient (Wildman–Crippen LogP) is 1.85. The summed E-state index contributed by atoms with van der Waals surface area (Å²) in [4.78, 5) is 7.11. The maximum absolute atomic E-state index is 13.8. The summed E-state index contributed by atoms with van der Waals surface area (Å²) >= 11 is 0. The largest absolute Gasteiger partial charge is 0.383 e. The zero-order valence-electron chi connectivity index (χ0n) is 10.1. The van der Waals surface area contributed by atoms with Crippen molar-refractivity contribution in [2.75, 3.05) is 6.61 Å². The van der Waals surface area contributed by atoms with E-state index in [2.05, 4.69) is 9.97 Å². The van der Waals surface area contributed by atoms with Gasteiger partial charge in [0.2, 0.25) is 0 Å². The molecule has 1 aliphatic rings. The Morgan fingerprint density at radius 3 is 2.60 bits per heavy atom. The number of nitrogens with zero attached hydrogens (tertiary/aromatic N) is 2. The quantitative estimate of drug-likeness (QED) is 0.873. The predicted molar refractivity (Wildman–Crippen MR) is 60.9 cm³/mol. The molecule has 0 bridgehead atoms. The molecule has 1 saturated heterocycles. The van der Waals surface area contributed by atoms with Gasteiger partial charge in [0, 0.05) is 11.6 Å². The van der Waals surface area contributed by atoms with Gasteiger partial charge in [0.25, 0.3) is 0 Å². The molecule has 1 unspecified atom stereocenters. The van der Waals surface area contributed by atoms with E-state index in [4.69, 9.17) is 4.74 Å². The van der Waals surface area contributed by atoms with E-state index in [1.165, 1.54) is 6.07 Å². The molecule has 1 N–H and O–H groups in total. The lowest BCUT2D eigenvalue weighted by molar-refractivity contribution is 0.0638. The van der Waals surface area contributed by atoms with Crippen LogP contribution < -0.4 is 0 Å². The summed E-state index contributed by atoms with van der Waals surface area (Å²) in [6, 6.07) is 2.90. The molecule has 1 aromatic heterocycles. The molecule has 20 heavy (non-hydrogen) atoms. The van der Waals surface area contributed by atoms with Crippen LogP contribution in [-0.4, -0.2) is 21.7 Å². The summed E-state index contributed by atoms with van der Waals surface area (Å²) in [7, 11) is 0. The number of benzene rings is 1. The first-order valence-corrected chi connectivity index (χ1v) is 5.77. The molecule has 0 radical (unpaired) electrons. The molecule has 0 amide bonds. The molecule has 4 nitrogen and oxygen atoms in total. The minimum Gasteiger partial charge on any atom is -0.383 e. The van der Waals surface area contributed by atoms with Gasteiger partial charge in [0.05, 0.1) is 12.8 Å². The molecular formula is C13H9F3N2O2. The Balaban J connectivity index is 2.02. The first-order chi connectivity index (χ1) is 9.54. The Morgan fingerprint density at radius 2 is 2.00 bits per heavy atom. The molecule has 1 fully saturated rings. The minimum absolute atomic E-state index is 0.0137. The highest BCUT2D eigenvalue weighted by Crippen LogP contribution is 2.49. The summed E-state index contributed by atoms with van der Waals surface area (Å²) in [5, 5.41) is 10.2. The summed E-state index contributed by atoms with van der Waals surface area (Å²) in [6.45, 7) is -0.0137. The SMILES string of the molecule is OC(c1ncncc1F)[C@@]1(c2ccc(F)cc2F)CO1. The van der Waals surface area contributed by atoms with Crippen LogP contribution in [0.4, 0.5) is 13.2 Å². The van der Waals surface area contributed by atoms with Gasteiger partial charge in [-0.2, -0.15) is 0 Å². The molecule has 1 aromatic carbocycles. The van der Waals surface area contributed by atoms with Crippen molar-refractivity contribution in [1.82, 2.24) is 9.97 Å². The molecule has 2 atom stereocenters. The average molecular weight is 282 g/mol. The van der Waals surface area contributed by atoms with Crippen molar-refractivity contribution >= 4 is 0 Å². The van der Waals surface area contributed by atoms with Gasteiger partial charge in [-0.15, -0.1) is 0 Å². The van der Waals surface area contributed by atoms with Crippen LogP contribution in [-0.2, 0) is 10.3 Å². The fraction of sp³-hybridized carbons (Fsp3) is 0.231. The lowest BCUT2D eigenvalue weighted by Gasteiger charge is -2.19. The van der Waals surface area contributed by atoms with Crippen molar-refractivity contribution in [3.05, 3.63) is 59.4 Å². The van der Waals surface area contributed by atoms with E-state index < -0.39 is 29.2 Å². The van der Waals surface area contributed by atoms with Gasteiger partial charge < -0.3 is 9.84 Å². The Morgan fingerprint density at radius 1 is 1.25 bits per heavy atom. The highest BCUT2D eigenvalue weighted by atomic mass is 19.1. The van der Waals surface area contributed by atoms with Gasteiger partial charge in [0.15, 0.2) is 11.4 Å². The number of aliphatic hydroxyl groups is 1. The lowest BCUT2D eigenvalue weighted by atomic mass is 9.91. The number of hydrogen-bond donors (Lipinski definition) is 1. The van der Waals surface area contributed by atoms with Gasteiger partial charge in [-0.25, -0.2) is 23.1 Å². The number of halogens is 3. The first kappa shape index (κ1) is 13.0. The summed E-state index contributed by atoms with van der Waals surface area (Å²) < 4.78 is 45.4. The van der Waals surface area contributed by atoms with Crippen LogP contribution >= 0.6 is 0 Å². The Bertz CT molecular complexity index is 662. The molecule has 7 heteroatoms. The third-order valence-corrected chi connectivity index (χ3v) is 3.24. The fourth-order valence-corrected chi connectivity index (χ4v) is 2.12. The van der Waals surface area contributed by atoms with Gasteiger partial charge in [0.1, 0.15) is 29.8 Å². The van der Waals surface area contributed by atoms with E-state index in [0.717, 1.165) is 18.6 Å². The van der Waals surface area contributed by atoms with E-state index in [1.807, 2.05) is 0 Å². The smallest absolute Gasteiger partial charge is 0.165 e. The van der Waals surface area contributed by atoms with Gasteiger partial charge in [-0.1, -0.05) is 6.07 Å². The maximum Gasteiger partial charge on any atom is 0.165 e. The Labute approximate surface area is 111 Å². The molecule has 0 aliphatic carbocycles. The van der Waals surface area contributed by atoms with Crippen molar-refractivity contribution < 1.29 is 23.0 Å². The summed E-state index contributed by atoms with van der Waals surface area (Å²) in [5.41, 5.74) is -1.77. The number of aromatic nitrogens is 2. The van der Waals surface area contributed by atoms with Crippen molar-refractivity contribution in [2.24, 2.45) is 0 Å². The highest BCUT2D eigenvalue weighted by Gasteiger charge is 2.56. The van der Waals surface area contributed by atoms with Crippen molar-refractivity contribution in [2.45, 2.75) is 11.7 Å². The lowest BCUT2D eigenvalue weighted by Crippen LogP contribution is -2.23. The molecule has 2 heterocycles. The molecule has 104 valence electrons. The molecule has 0 spiro atoms. The third-order valence-electron chi connectivity index (χ3n) is 3.24. The van der Waals surface area contributed by atoms with Crippen molar-refractivity contribution in [3.63, 3.8) is 0 Å². The van der Waals surface area contributed by atoms with E-state index in [1.54, 1.807) is 0 Å². The van der Waals surface area contributed by atoms with Crippen molar-refractivity contribution in [3.8, 4) is 0 Å².